The van der Waals surface area contributed by atoms with Crippen LogP contribution in [0, 0.1) is 5.92 Å². The number of nitrogens with zero attached hydrogens (tertiary/aromatic N) is 2. The van der Waals surface area contributed by atoms with Crippen LogP contribution in [0.25, 0.3) is 0 Å². The van der Waals surface area contributed by atoms with Crippen molar-refractivity contribution in [1.82, 2.24) is 14.9 Å². The van der Waals surface area contributed by atoms with Crippen molar-refractivity contribution in [2.24, 2.45) is 5.92 Å². The highest BCUT2D eigenvalue weighted by molar-refractivity contribution is 5.80. The Morgan fingerprint density at radius 3 is 2.65 bits per heavy atom. The first-order valence-corrected chi connectivity index (χ1v) is 7.91. The number of imidazole rings is 1. The lowest BCUT2D eigenvalue weighted by molar-refractivity contribution is -0.140. The van der Waals surface area contributed by atoms with Gasteiger partial charge in [0.2, 0.25) is 5.91 Å². The molecule has 3 atom stereocenters. The zero-order valence-corrected chi connectivity index (χ0v) is 13.1. The fourth-order valence-corrected chi connectivity index (χ4v) is 3.08. The summed E-state index contributed by atoms with van der Waals surface area (Å²) in [6.07, 6.45) is 6.44. The number of nitrogens with one attached hydrogen (secondary N) is 1. The van der Waals surface area contributed by atoms with Crippen molar-refractivity contribution in [1.29, 1.82) is 0 Å². The van der Waals surface area contributed by atoms with Gasteiger partial charge in [-0.15, -0.1) is 0 Å². The molecule has 0 saturated carbocycles. The van der Waals surface area contributed by atoms with Gasteiger partial charge < -0.3 is 9.88 Å². The van der Waals surface area contributed by atoms with E-state index in [-0.39, 0.29) is 5.92 Å². The number of hydrogen-bond donors (Lipinski definition) is 1. The van der Waals surface area contributed by atoms with Crippen LogP contribution in [-0.2, 0) is 17.6 Å². The average Bonchev–Trinajstić information content (AvgIpc) is 2.94. The lowest BCUT2D eigenvalue weighted by Gasteiger charge is -2.37. The van der Waals surface area contributed by atoms with Gasteiger partial charge in [-0.2, -0.15) is 0 Å². The molecule has 2 rings (SSSR count). The van der Waals surface area contributed by atoms with Crippen LogP contribution < -0.4 is 0 Å². The minimum atomic E-state index is 0.117. The van der Waals surface area contributed by atoms with Gasteiger partial charge in [0.25, 0.3) is 0 Å². The van der Waals surface area contributed by atoms with Crippen LogP contribution in [0.15, 0.2) is 6.33 Å². The average molecular weight is 277 g/mol. The Hall–Kier alpha value is -1.32. The van der Waals surface area contributed by atoms with Crippen LogP contribution in [0.5, 0.6) is 0 Å². The van der Waals surface area contributed by atoms with E-state index >= 15 is 0 Å². The van der Waals surface area contributed by atoms with Crippen LogP contribution in [0.4, 0.5) is 0 Å². The molecule has 0 saturated heterocycles. The number of H-pyrrole nitrogens is 1. The highest BCUT2D eigenvalue weighted by Gasteiger charge is 2.32. The Labute approximate surface area is 122 Å². The van der Waals surface area contributed by atoms with Crippen molar-refractivity contribution in [3.8, 4) is 0 Å². The Morgan fingerprint density at radius 2 is 2.05 bits per heavy atom. The molecule has 0 aromatic carbocycles. The van der Waals surface area contributed by atoms with Crippen LogP contribution >= 0.6 is 0 Å². The fraction of sp³-hybridized carbons (Fsp3) is 0.750. The SMILES string of the molecule is CCC(C)N(C(=O)C1CCc2nc[nH]c2C1)C(C)CC. The summed E-state index contributed by atoms with van der Waals surface area (Å²) in [4.78, 5) is 22.5. The third kappa shape index (κ3) is 2.89. The minimum absolute atomic E-state index is 0.117. The summed E-state index contributed by atoms with van der Waals surface area (Å²) in [5.74, 6) is 0.444. The van der Waals surface area contributed by atoms with E-state index in [0.717, 1.165) is 43.5 Å². The molecule has 112 valence electrons. The molecule has 4 nitrogen and oxygen atoms in total. The minimum Gasteiger partial charge on any atom is -0.348 e. The zero-order valence-electron chi connectivity index (χ0n) is 13.1. The van der Waals surface area contributed by atoms with E-state index < -0.39 is 0 Å². The second kappa shape index (κ2) is 6.42. The second-order valence-corrected chi connectivity index (χ2v) is 6.03. The number of hydrogen-bond acceptors (Lipinski definition) is 2. The molecule has 1 N–H and O–H groups in total. The third-order valence-electron chi connectivity index (χ3n) is 4.72. The number of aromatic amines is 1. The molecule has 0 bridgehead atoms. The summed E-state index contributed by atoms with van der Waals surface area (Å²) in [7, 11) is 0. The van der Waals surface area contributed by atoms with E-state index in [1.807, 2.05) is 0 Å². The summed E-state index contributed by atoms with van der Waals surface area (Å²) in [5.41, 5.74) is 2.30. The second-order valence-electron chi connectivity index (χ2n) is 6.03. The summed E-state index contributed by atoms with van der Waals surface area (Å²) < 4.78 is 0. The van der Waals surface area contributed by atoms with Crippen LogP contribution in [-0.4, -0.2) is 32.9 Å². The third-order valence-corrected chi connectivity index (χ3v) is 4.72. The largest absolute Gasteiger partial charge is 0.348 e. The Kier molecular flexibility index (Phi) is 4.84. The van der Waals surface area contributed by atoms with E-state index in [1.54, 1.807) is 6.33 Å². The predicted octanol–water partition coefficient (Wildman–Crippen LogP) is 2.94. The summed E-state index contributed by atoms with van der Waals surface area (Å²) in [6, 6.07) is 0.640. The molecular weight excluding hydrogens is 250 g/mol. The quantitative estimate of drug-likeness (QED) is 0.899. The first kappa shape index (κ1) is 15.1. The van der Waals surface area contributed by atoms with Crippen LogP contribution in [0.2, 0.25) is 0 Å². The van der Waals surface area contributed by atoms with Gasteiger partial charge in [0.05, 0.1) is 12.0 Å². The fourth-order valence-electron chi connectivity index (χ4n) is 3.08. The highest BCUT2D eigenvalue weighted by Crippen LogP contribution is 2.26. The van der Waals surface area contributed by atoms with E-state index in [9.17, 15) is 4.79 Å². The highest BCUT2D eigenvalue weighted by atomic mass is 16.2. The van der Waals surface area contributed by atoms with Gasteiger partial charge in [-0.05, 0) is 39.5 Å². The molecule has 0 spiro atoms. The molecule has 0 aliphatic heterocycles. The molecule has 1 aliphatic carbocycles. The first-order valence-electron chi connectivity index (χ1n) is 7.91. The Balaban J connectivity index is 2.12. The van der Waals surface area contributed by atoms with Crippen molar-refractivity contribution in [3.05, 3.63) is 17.7 Å². The zero-order chi connectivity index (χ0) is 14.7. The summed E-state index contributed by atoms with van der Waals surface area (Å²) >= 11 is 0. The van der Waals surface area contributed by atoms with E-state index in [2.05, 4.69) is 42.6 Å². The van der Waals surface area contributed by atoms with Crippen molar-refractivity contribution < 1.29 is 4.79 Å². The van der Waals surface area contributed by atoms with Gasteiger partial charge in [-0.3, -0.25) is 4.79 Å². The maximum absolute atomic E-state index is 12.9. The van der Waals surface area contributed by atoms with E-state index in [4.69, 9.17) is 0 Å². The molecule has 0 fully saturated rings. The molecule has 3 unspecified atom stereocenters. The molecule has 1 aromatic heterocycles. The predicted molar refractivity (Wildman–Crippen MR) is 80.5 cm³/mol. The van der Waals surface area contributed by atoms with Crippen molar-refractivity contribution in [2.45, 2.75) is 71.9 Å². The smallest absolute Gasteiger partial charge is 0.226 e. The summed E-state index contributed by atoms with van der Waals surface area (Å²) in [6.45, 7) is 8.63. The number of rotatable bonds is 5. The maximum Gasteiger partial charge on any atom is 0.226 e. The molecule has 1 amide bonds. The van der Waals surface area contributed by atoms with Gasteiger partial charge in [-0.25, -0.2) is 4.98 Å². The standard InChI is InChI=1S/C16H27N3O/c1-5-11(3)19(12(4)6-2)16(20)13-7-8-14-15(9-13)18-10-17-14/h10-13H,5-9H2,1-4H3,(H,17,18). The molecular formula is C16H27N3O. The Morgan fingerprint density at radius 1 is 1.40 bits per heavy atom. The summed E-state index contributed by atoms with van der Waals surface area (Å²) in [5, 5.41) is 0. The van der Waals surface area contributed by atoms with Crippen molar-refractivity contribution >= 4 is 5.91 Å². The van der Waals surface area contributed by atoms with Crippen molar-refractivity contribution in [2.75, 3.05) is 0 Å². The van der Waals surface area contributed by atoms with E-state index in [1.165, 1.54) is 0 Å². The lowest BCUT2D eigenvalue weighted by atomic mass is 9.88. The van der Waals surface area contributed by atoms with Gasteiger partial charge in [0, 0.05) is 30.1 Å². The number of carbonyl (C=O) groups excluding carboxylic acids is 1. The monoisotopic (exact) mass is 277 g/mol. The van der Waals surface area contributed by atoms with Crippen LogP contribution in [0.3, 0.4) is 0 Å². The van der Waals surface area contributed by atoms with E-state index in [0.29, 0.717) is 18.0 Å². The Bertz CT molecular complexity index is 444. The molecule has 0 radical (unpaired) electrons. The van der Waals surface area contributed by atoms with Crippen molar-refractivity contribution in [3.63, 3.8) is 0 Å². The number of carbonyl (C=O) groups is 1. The lowest BCUT2D eigenvalue weighted by Crippen LogP contribution is -2.48. The van der Waals surface area contributed by atoms with Crippen LogP contribution in [0.1, 0.15) is 58.3 Å². The molecule has 1 heterocycles. The normalized spacial score (nSPS) is 21.1. The molecule has 1 aliphatic rings. The number of aromatic nitrogens is 2. The maximum atomic E-state index is 12.9. The number of aryl methyl sites for hydroxylation is 1. The van der Waals surface area contributed by atoms with Gasteiger partial charge in [0.1, 0.15) is 0 Å². The van der Waals surface area contributed by atoms with Gasteiger partial charge >= 0.3 is 0 Å². The number of fused-ring (bicyclic) bond motifs is 1. The molecule has 20 heavy (non-hydrogen) atoms. The van der Waals surface area contributed by atoms with Gasteiger partial charge in [-0.1, -0.05) is 13.8 Å². The molecule has 1 aromatic rings. The topological polar surface area (TPSA) is 49.0 Å². The first-order chi connectivity index (χ1) is 9.58. The number of amides is 1. The van der Waals surface area contributed by atoms with Gasteiger partial charge in [0.15, 0.2) is 0 Å². The molecule has 4 heteroatoms.